The molecule has 128 valence electrons. The number of nitrogens with one attached hydrogen (secondary N) is 1. The van der Waals surface area contributed by atoms with Crippen LogP contribution in [-0.2, 0) is 9.53 Å². The maximum atomic E-state index is 12.5. The number of aryl methyl sites for hydroxylation is 1. The molecule has 2 aromatic rings. The van der Waals surface area contributed by atoms with Crippen LogP contribution in [0.2, 0.25) is 0 Å². The Morgan fingerprint density at radius 2 is 2.04 bits per heavy atom. The van der Waals surface area contributed by atoms with Crippen molar-refractivity contribution in [1.82, 2.24) is 9.97 Å². The first kappa shape index (κ1) is 18.3. The molecule has 1 aromatic heterocycles. The number of hydrogen-bond acceptors (Lipinski definition) is 5. The van der Waals surface area contributed by atoms with Gasteiger partial charge in [0.25, 0.3) is 0 Å². The lowest BCUT2D eigenvalue weighted by Crippen LogP contribution is -2.54. The molecule has 1 saturated heterocycles. The monoisotopic (exact) mass is 348 g/mol. The summed E-state index contributed by atoms with van der Waals surface area (Å²) in [5.74, 6) is 0.456. The molecule has 0 saturated carbocycles. The zero-order chi connectivity index (χ0) is 16.3. The first-order valence-corrected chi connectivity index (χ1v) is 7.65. The Morgan fingerprint density at radius 1 is 1.29 bits per heavy atom. The van der Waals surface area contributed by atoms with Gasteiger partial charge in [0.2, 0.25) is 5.91 Å². The minimum atomic E-state index is -0.867. The van der Waals surface area contributed by atoms with Gasteiger partial charge < -0.3 is 15.8 Å². The molecule has 1 aromatic carbocycles. The molecule has 0 radical (unpaired) electrons. The summed E-state index contributed by atoms with van der Waals surface area (Å²) in [5, 5.41) is 2.90. The van der Waals surface area contributed by atoms with E-state index in [2.05, 4.69) is 15.3 Å². The topological polar surface area (TPSA) is 90.1 Å². The largest absolute Gasteiger partial charge is 0.381 e. The Kier molecular flexibility index (Phi) is 5.88. The maximum absolute atomic E-state index is 12.5. The summed E-state index contributed by atoms with van der Waals surface area (Å²) in [7, 11) is 0. The number of benzene rings is 1. The van der Waals surface area contributed by atoms with Gasteiger partial charge in [-0.1, -0.05) is 12.1 Å². The summed E-state index contributed by atoms with van der Waals surface area (Å²) in [6, 6.07) is 9.31. The zero-order valence-electron chi connectivity index (χ0n) is 13.5. The number of rotatable bonds is 3. The van der Waals surface area contributed by atoms with Crippen LogP contribution in [-0.4, -0.2) is 34.6 Å². The molecule has 1 amide bonds. The second-order valence-electron chi connectivity index (χ2n) is 5.83. The van der Waals surface area contributed by atoms with Gasteiger partial charge in [0, 0.05) is 36.4 Å². The van der Waals surface area contributed by atoms with E-state index in [0.717, 1.165) is 11.3 Å². The van der Waals surface area contributed by atoms with E-state index in [4.69, 9.17) is 10.5 Å². The highest BCUT2D eigenvalue weighted by atomic mass is 35.5. The first-order chi connectivity index (χ1) is 11.1. The SMILES string of the molecule is Cc1ccnc(-c2cccc(NC(=O)C3(N)CCOCC3)c2)n1.Cl. The Hall–Kier alpha value is -2.02. The standard InChI is InChI=1S/C17H20N4O2.ClH/c1-12-5-8-19-15(20-12)13-3-2-4-14(11-13)21-16(22)17(18)6-9-23-10-7-17;/h2-5,8,11H,6-7,9-10,18H2,1H3,(H,21,22);1H. The molecule has 7 heteroatoms. The third kappa shape index (κ3) is 4.08. The van der Waals surface area contributed by atoms with Crippen molar-refractivity contribution < 1.29 is 9.53 Å². The average molecular weight is 349 g/mol. The lowest BCUT2D eigenvalue weighted by atomic mass is 9.90. The Balaban J connectivity index is 0.00000208. The van der Waals surface area contributed by atoms with Crippen molar-refractivity contribution in [1.29, 1.82) is 0 Å². The van der Waals surface area contributed by atoms with E-state index in [1.807, 2.05) is 37.3 Å². The van der Waals surface area contributed by atoms with Crippen LogP contribution in [0.5, 0.6) is 0 Å². The van der Waals surface area contributed by atoms with Gasteiger partial charge in [-0.2, -0.15) is 0 Å². The Morgan fingerprint density at radius 3 is 2.75 bits per heavy atom. The molecule has 1 aliphatic heterocycles. The minimum absolute atomic E-state index is 0. The second-order valence-corrected chi connectivity index (χ2v) is 5.83. The van der Waals surface area contributed by atoms with Crippen molar-refractivity contribution in [2.45, 2.75) is 25.3 Å². The lowest BCUT2D eigenvalue weighted by Gasteiger charge is -2.31. The lowest BCUT2D eigenvalue weighted by molar-refractivity contribution is -0.124. The van der Waals surface area contributed by atoms with Crippen LogP contribution in [0.15, 0.2) is 36.5 Å². The number of aromatic nitrogens is 2. The average Bonchev–Trinajstić information content (AvgIpc) is 2.56. The van der Waals surface area contributed by atoms with E-state index in [-0.39, 0.29) is 18.3 Å². The molecule has 0 aliphatic carbocycles. The minimum Gasteiger partial charge on any atom is -0.381 e. The van der Waals surface area contributed by atoms with Crippen LogP contribution in [0.1, 0.15) is 18.5 Å². The molecule has 24 heavy (non-hydrogen) atoms. The van der Waals surface area contributed by atoms with E-state index in [1.54, 1.807) is 6.20 Å². The summed E-state index contributed by atoms with van der Waals surface area (Å²) >= 11 is 0. The normalized spacial score (nSPS) is 16.1. The summed E-state index contributed by atoms with van der Waals surface area (Å²) < 4.78 is 5.28. The highest BCUT2D eigenvalue weighted by molar-refractivity contribution is 5.98. The van der Waals surface area contributed by atoms with Crippen LogP contribution in [0.25, 0.3) is 11.4 Å². The van der Waals surface area contributed by atoms with Gasteiger partial charge in [0.15, 0.2) is 5.82 Å². The number of amides is 1. The van der Waals surface area contributed by atoms with Crippen molar-refractivity contribution >= 4 is 24.0 Å². The number of carbonyl (C=O) groups excluding carboxylic acids is 1. The number of halogens is 1. The van der Waals surface area contributed by atoms with Crippen LogP contribution in [0.3, 0.4) is 0 Å². The predicted molar refractivity (Wildman–Crippen MR) is 95.1 cm³/mol. The van der Waals surface area contributed by atoms with Crippen molar-refractivity contribution in [3.8, 4) is 11.4 Å². The highest BCUT2D eigenvalue weighted by Crippen LogP contribution is 2.23. The molecule has 0 atom stereocenters. The van der Waals surface area contributed by atoms with Crippen LogP contribution in [0.4, 0.5) is 5.69 Å². The first-order valence-electron chi connectivity index (χ1n) is 7.65. The van der Waals surface area contributed by atoms with Gasteiger partial charge in [-0.15, -0.1) is 12.4 Å². The highest BCUT2D eigenvalue weighted by Gasteiger charge is 2.35. The number of carbonyl (C=O) groups is 1. The Labute approximate surface area is 147 Å². The molecule has 6 nitrogen and oxygen atoms in total. The third-order valence-electron chi connectivity index (χ3n) is 4.01. The number of nitrogens with two attached hydrogens (primary N) is 1. The Bertz CT molecular complexity index is 717. The fourth-order valence-corrected chi connectivity index (χ4v) is 2.54. The fourth-order valence-electron chi connectivity index (χ4n) is 2.54. The zero-order valence-corrected chi connectivity index (χ0v) is 14.3. The van der Waals surface area contributed by atoms with Gasteiger partial charge in [-0.05, 0) is 38.0 Å². The number of anilines is 1. The predicted octanol–water partition coefficient (Wildman–Crippen LogP) is 2.32. The van der Waals surface area contributed by atoms with E-state index in [9.17, 15) is 4.79 Å². The molecule has 1 fully saturated rings. The van der Waals surface area contributed by atoms with Gasteiger partial charge >= 0.3 is 0 Å². The number of nitrogens with zero attached hydrogens (tertiary/aromatic N) is 2. The molecule has 1 aliphatic rings. The van der Waals surface area contributed by atoms with Crippen LogP contribution >= 0.6 is 12.4 Å². The van der Waals surface area contributed by atoms with Gasteiger partial charge in [0.05, 0.1) is 0 Å². The molecular weight excluding hydrogens is 328 g/mol. The fraction of sp³-hybridized carbons (Fsp3) is 0.353. The van der Waals surface area contributed by atoms with Crippen LogP contribution in [0, 0.1) is 6.92 Å². The molecule has 3 rings (SSSR count). The van der Waals surface area contributed by atoms with E-state index in [1.165, 1.54) is 0 Å². The summed E-state index contributed by atoms with van der Waals surface area (Å²) in [6.45, 7) is 2.95. The van der Waals surface area contributed by atoms with Crippen molar-refractivity contribution in [3.63, 3.8) is 0 Å². The van der Waals surface area contributed by atoms with E-state index in [0.29, 0.717) is 37.6 Å². The van der Waals surface area contributed by atoms with Gasteiger partial charge in [0.1, 0.15) is 5.54 Å². The van der Waals surface area contributed by atoms with E-state index < -0.39 is 5.54 Å². The summed E-state index contributed by atoms with van der Waals surface area (Å²) in [6.07, 6.45) is 2.78. The molecule has 0 spiro atoms. The quantitative estimate of drug-likeness (QED) is 0.888. The van der Waals surface area contributed by atoms with Crippen molar-refractivity contribution in [2.24, 2.45) is 5.73 Å². The molecule has 3 N–H and O–H groups in total. The van der Waals surface area contributed by atoms with Gasteiger partial charge in [-0.3, -0.25) is 4.79 Å². The molecule has 0 unspecified atom stereocenters. The molecule has 2 heterocycles. The summed E-state index contributed by atoms with van der Waals surface area (Å²) in [5.41, 5.74) is 7.77. The molecule has 0 bridgehead atoms. The van der Waals surface area contributed by atoms with Crippen molar-refractivity contribution in [3.05, 3.63) is 42.2 Å². The van der Waals surface area contributed by atoms with Gasteiger partial charge in [-0.25, -0.2) is 9.97 Å². The number of ether oxygens (including phenoxy) is 1. The third-order valence-corrected chi connectivity index (χ3v) is 4.01. The maximum Gasteiger partial charge on any atom is 0.244 e. The van der Waals surface area contributed by atoms with E-state index >= 15 is 0 Å². The molecular formula is C17H21ClN4O2. The second kappa shape index (κ2) is 7.70. The smallest absolute Gasteiger partial charge is 0.244 e. The van der Waals surface area contributed by atoms with Crippen LogP contribution < -0.4 is 11.1 Å². The number of hydrogen-bond donors (Lipinski definition) is 2. The van der Waals surface area contributed by atoms with Crippen molar-refractivity contribution in [2.75, 3.05) is 18.5 Å². The summed E-state index contributed by atoms with van der Waals surface area (Å²) in [4.78, 5) is 21.1.